The molecule has 1 heterocycles. The van der Waals surface area contributed by atoms with E-state index in [-0.39, 0.29) is 19.6 Å². The predicted molar refractivity (Wildman–Crippen MR) is 75.3 cm³/mol. The summed E-state index contributed by atoms with van der Waals surface area (Å²) in [5.74, 6) is -0.956. The van der Waals surface area contributed by atoms with Crippen molar-refractivity contribution in [2.75, 3.05) is 19.8 Å². The van der Waals surface area contributed by atoms with Crippen molar-refractivity contribution in [3.8, 4) is 5.75 Å². The third-order valence-corrected chi connectivity index (χ3v) is 3.49. The highest BCUT2D eigenvalue weighted by Crippen LogP contribution is 2.19. The van der Waals surface area contributed by atoms with Gasteiger partial charge in [-0.15, -0.1) is 0 Å². The molecular weight excluding hydrogens is 274 g/mol. The number of nitrogens with one attached hydrogen (secondary N) is 1. The topological polar surface area (TPSA) is 84.9 Å². The van der Waals surface area contributed by atoms with Crippen LogP contribution in [0.4, 0.5) is 0 Å². The quantitative estimate of drug-likeness (QED) is 0.817. The summed E-state index contributed by atoms with van der Waals surface area (Å²) in [5.41, 5.74) is -0.217. The summed E-state index contributed by atoms with van der Waals surface area (Å²) in [6, 6.07) is 7.45. The molecule has 0 spiro atoms. The van der Waals surface area contributed by atoms with Crippen LogP contribution in [0.3, 0.4) is 0 Å². The summed E-state index contributed by atoms with van der Waals surface area (Å²) >= 11 is 0. The smallest absolute Gasteiger partial charge is 0.331 e. The predicted octanol–water partition coefficient (Wildman–Crippen LogP) is 0.988. The van der Waals surface area contributed by atoms with E-state index in [9.17, 15) is 14.7 Å². The van der Waals surface area contributed by atoms with Crippen LogP contribution in [0.2, 0.25) is 0 Å². The molecule has 2 N–H and O–H groups in total. The van der Waals surface area contributed by atoms with Crippen molar-refractivity contribution >= 4 is 11.9 Å². The Morgan fingerprint density at radius 1 is 1.48 bits per heavy atom. The van der Waals surface area contributed by atoms with Crippen LogP contribution in [0.15, 0.2) is 24.3 Å². The van der Waals surface area contributed by atoms with Crippen LogP contribution in [0.1, 0.15) is 18.9 Å². The molecule has 1 fully saturated rings. The number of rotatable bonds is 6. The second kappa shape index (κ2) is 6.58. The molecule has 21 heavy (non-hydrogen) atoms. The zero-order valence-corrected chi connectivity index (χ0v) is 11.9. The number of ether oxygens (including phenoxy) is 2. The lowest BCUT2D eigenvalue weighted by molar-refractivity contribution is -0.148. The van der Waals surface area contributed by atoms with Crippen molar-refractivity contribution < 1.29 is 24.2 Å². The summed E-state index contributed by atoms with van der Waals surface area (Å²) in [6.07, 6.45) is 1.14. The molecule has 1 aromatic carbocycles. The molecule has 0 bridgehead atoms. The van der Waals surface area contributed by atoms with Gasteiger partial charge in [0.25, 0.3) is 5.91 Å². The number of carbonyl (C=O) groups excluding carboxylic acids is 1. The van der Waals surface area contributed by atoms with Gasteiger partial charge in [0.05, 0.1) is 6.61 Å². The number of aryl methyl sites for hydroxylation is 1. The Bertz CT molecular complexity index is 523. The number of aliphatic carboxylic acids is 1. The maximum Gasteiger partial charge on any atom is 0.331 e. The standard InChI is InChI=1S/C15H19NO5/c1-2-11-4-3-5-12(8-11)21-9-13(17)16-15(14(18)19)6-7-20-10-15/h3-5,8H,2,6-7,9-10H2,1H3,(H,16,17)(H,18,19). The molecule has 1 atom stereocenters. The first kappa shape index (κ1) is 15.3. The maximum atomic E-state index is 11.9. The summed E-state index contributed by atoms with van der Waals surface area (Å²) in [6.45, 7) is 2.12. The van der Waals surface area contributed by atoms with Crippen LogP contribution in [0.5, 0.6) is 5.75 Å². The number of carboxylic acid groups (broad SMARTS) is 1. The van der Waals surface area contributed by atoms with Gasteiger partial charge in [-0.1, -0.05) is 19.1 Å². The molecule has 1 aliphatic heterocycles. The Morgan fingerprint density at radius 3 is 2.90 bits per heavy atom. The Hall–Kier alpha value is -2.08. The van der Waals surface area contributed by atoms with Gasteiger partial charge in [0.15, 0.2) is 12.1 Å². The molecule has 1 aliphatic rings. The van der Waals surface area contributed by atoms with Crippen LogP contribution in [-0.2, 0) is 20.7 Å². The minimum atomic E-state index is -1.33. The summed E-state index contributed by atoms with van der Waals surface area (Å²) in [4.78, 5) is 23.2. The third kappa shape index (κ3) is 3.72. The molecule has 0 aromatic heterocycles. The van der Waals surface area contributed by atoms with E-state index < -0.39 is 17.4 Å². The van der Waals surface area contributed by atoms with Crippen molar-refractivity contribution in [2.45, 2.75) is 25.3 Å². The first-order valence-electron chi connectivity index (χ1n) is 6.89. The minimum absolute atomic E-state index is 0.0145. The first-order valence-corrected chi connectivity index (χ1v) is 6.89. The molecule has 1 unspecified atom stereocenters. The number of benzene rings is 1. The Balaban J connectivity index is 1.91. The number of hydrogen-bond donors (Lipinski definition) is 2. The van der Waals surface area contributed by atoms with Crippen molar-refractivity contribution in [3.05, 3.63) is 29.8 Å². The van der Waals surface area contributed by atoms with E-state index in [1.807, 2.05) is 25.1 Å². The largest absolute Gasteiger partial charge is 0.484 e. The van der Waals surface area contributed by atoms with Gasteiger partial charge in [0.1, 0.15) is 5.75 Å². The number of hydrogen-bond acceptors (Lipinski definition) is 4. The van der Waals surface area contributed by atoms with Gasteiger partial charge in [-0.05, 0) is 24.1 Å². The fraction of sp³-hybridized carbons (Fsp3) is 0.467. The Morgan fingerprint density at radius 2 is 2.29 bits per heavy atom. The Labute approximate surface area is 123 Å². The molecule has 0 radical (unpaired) electrons. The number of amides is 1. The summed E-state index contributed by atoms with van der Waals surface area (Å²) < 4.78 is 10.5. The van der Waals surface area contributed by atoms with E-state index >= 15 is 0 Å². The monoisotopic (exact) mass is 293 g/mol. The molecule has 6 heteroatoms. The van der Waals surface area contributed by atoms with Crippen LogP contribution < -0.4 is 10.1 Å². The van der Waals surface area contributed by atoms with E-state index in [0.717, 1.165) is 12.0 Å². The molecule has 2 rings (SSSR count). The van der Waals surface area contributed by atoms with Gasteiger partial charge in [-0.2, -0.15) is 0 Å². The van der Waals surface area contributed by atoms with Crippen molar-refractivity contribution in [3.63, 3.8) is 0 Å². The van der Waals surface area contributed by atoms with Gasteiger partial charge < -0.3 is 19.9 Å². The Kier molecular flexibility index (Phi) is 4.80. The minimum Gasteiger partial charge on any atom is -0.484 e. The number of carboxylic acids is 1. The molecule has 0 aliphatic carbocycles. The highest BCUT2D eigenvalue weighted by atomic mass is 16.5. The zero-order chi connectivity index (χ0) is 15.3. The van der Waals surface area contributed by atoms with Crippen LogP contribution >= 0.6 is 0 Å². The van der Waals surface area contributed by atoms with Crippen LogP contribution in [0.25, 0.3) is 0 Å². The first-order chi connectivity index (χ1) is 10.1. The molecule has 1 amide bonds. The van der Waals surface area contributed by atoms with E-state index in [1.165, 1.54) is 0 Å². The fourth-order valence-electron chi connectivity index (χ4n) is 2.19. The molecular formula is C15H19NO5. The summed E-state index contributed by atoms with van der Waals surface area (Å²) in [7, 11) is 0. The third-order valence-electron chi connectivity index (χ3n) is 3.49. The average molecular weight is 293 g/mol. The molecule has 0 saturated carbocycles. The maximum absolute atomic E-state index is 11.9. The summed E-state index contributed by atoms with van der Waals surface area (Å²) in [5, 5.41) is 11.7. The van der Waals surface area contributed by atoms with E-state index in [2.05, 4.69) is 5.32 Å². The highest BCUT2D eigenvalue weighted by molar-refractivity contribution is 5.88. The molecule has 6 nitrogen and oxygen atoms in total. The van der Waals surface area contributed by atoms with Gasteiger partial charge >= 0.3 is 5.97 Å². The van der Waals surface area contributed by atoms with Crippen LogP contribution in [0, 0.1) is 0 Å². The normalized spacial score (nSPS) is 21.0. The van der Waals surface area contributed by atoms with Gasteiger partial charge in [-0.3, -0.25) is 4.79 Å². The second-order valence-corrected chi connectivity index (χ2v) is 5.03. The average Bonchev–Trinajstić information content (AvgIpc) is 2.95. The van der Waals surface area contributed by atoms with E-state index in [1.54, 1.807) is 6.07 Å². The lowest BCUT2D eigenvalue weighted by atomic mass is 9.99. The fourth-order valence-corrected chi connectivity index (χ4v) is 2.19. The van der Waals surface area contributed by atoms with Crippen molar-refractivity contribution in [2.24, 2.45) is 0 Å². The lowest BCUT2D eigenvalue weighted by Gasteiger charge is -2.23. The molecule has 1 saturated heterocycles. The van der Waals surface area contributed by atoms with Gasteiger partial charge in [-0.25, -0.2) is 4.79 Å². The van der Waals surface area contributed by atoms with Gasteiger partial charge in [0, 0.05) is 13.0 Å². The van der Waals surface area contributed by atoms with E-state index in [0.29, 0.717) is 12.4 Å². The molecule has 1 aromatic rings. The van der Waals surface area contributed by atoms with Crippen molar-refractivity contribution in [1.29, 1.82) is 0 Å². The van der Waals surface area contributed by atoms with Crippen molar-refractivity contribution in [1.82, 2.24) is 5.32 Å². The van der Waals surface area contributed by atoms with Crippen LogP contribution in [-0.4, -0.2) is 42.3 Å². The SMILES string of the molecule is CCc1cccc(OCC(=O)NC2(C(=O)O)CCOC2)c1. The molecule has 114 valence electrons. The highest BCUT2D eigenvalue weighted by Gasteiger charge is 2.43. The second-order valence-electron chi connectivity index (χ2n) is 5.03. The van der Waals surface area contributed by atoms with E-state index in [4.69, 9.17) is 9.47 Å². The van der Waals surface area contributed by atoms with Gasteiger partial charge in [0.2, 0.25) is 0 Å². The number of carbonyl (C=O) groups is 2. The zero-order valence-electron chi connectivity index (χ0n) is 11.9. The lowest BCUT2D eigenvalue weighted by Crippen LogP contribution is -2.56.